The number of carbonyl (C=O) groups is 2. The first-order valence-electron chi connectivity index (χ1n) is 9.11. The van der Waals surface area contributed by atoms with Crippen LogP contribution in [0.25, 0.3) is 10.8 Å². The number of benzene rings is 3. The molecule has 0 fully saturated rings. The number of hydrogen-bond donors (Lipinski definition) is 3. The molecular formula is C22H19F3N2O4. The number of methoxy groups -OCH3 is 1. The number of aliphatic hydroxyl groups is 1. The number of nitrogens with one attached hydrogen (secondary N) is 2. The third-order valence-corrected chi connectivity index (χ3v) is 4.79. The molecule has 0 bridgehead atoms. The molecule has 6 nitrogen and oxygen atoms in total. The summed E-state index contributed by atoms with van der Waals surface area (Å²) in [6, 6.07) is 15.4. The van der Waals surface area contributed by atoms with Crippen LogP contribution in [-0.4, -0.2) is 30.4 Å². The van der Waals surface area contributed by atoms with Crippen molar-refractivity contribution in [2.45, 2.75) is 18.7 Å². The molecule has 0 aromatic heterocycles. The van der Waals surface area contributed by atoms with Crippen molar-refractivity contribution in [3.05, 3.63) is 71.8 Å². The van der Waals surface area contributed by atoms with Gasteiger partial charge in [0.05, 0.1) is 7.11 Å². The Labute approximate surface area is 175 Å². The molecule has 0 saturated heterocycles. The Hall–Kier alpha value is -3.59. The van der Waals surface area contributed by atoms with E-state index in [1.165, 1.54) is 13.0 Å². The average Bonchev–Trinajstić information content (AvgIpc) is 2.73. The summed E-state index contributed by atoms with van der Waals surface area (Å²) in [4.78, 5) is 24.0. The highest BCUT2D eigenvalue weighted by molar-refractivity contribution is 6.01. The number of urea groups is 1. The third-order valence-electron chi connectivity index (χ3n) is 4.79. The number of ether oxygens (including phenoxy) is 1. The van der Waals surface area contributed by atoms with Crippen LogP contribution < -0.4 is 10.6 Å². The van der Waals surface area contributed by atoms with Gasteiger partial charge < -0.3 is 20.5 Å². The minimum atomic E-state index is -5.30. The Balaban J connectivity index is 1.80. The van der Waals surface area contributed by atoms with E-state index < -0.39 is 29.3 Å². The Morgan fingerprint density at radius 3 is 2.23 bits per heavy atom. The molecule has 1 unspecified atom stereocenters. The van der Waals surface area contributed by atoms with Gasteiger partial charge in [0.25, 0.3) is 5.60 Å². The Morgan fingerprint density at radius 1 is 0.935 bits per heavy atom. The number of carbonyl (C=O) groups excluding carboxylic acids is 2. The molecule has 9 heteroatoms. The molecule has 0 aliphatic carbocycles. The molecule has 3 aromatic rings. The Kier molecular flexibility index (Phi) is 5.90. The smallest absolute Gasteiger partial charge is 0.432 e. The van der Waals surface area contributed by atoms with Crippen LogP contribution in [0.3, 0.4) is 0 Å². The monoisotopic (exact) mass is 432 g/mol. The van der Waals surface area contributed by atoms with Gasteiger partial charge in [-0.3, -0.25) is 0 Å². The summed E-state index contributed by atoms with van der Waals surface area (Å²) >= 11 is 0. The summed E-state index contributed by atoms with van der Waals surface area (Å²) in [6.07, 6.45) is -5.30. The minimum Gasteiger partial charge on any atom is -0.466 e. The van der Waals surface area contributed by atoms with Gasteiger partial charge in [0.15, 0.2) is 0 Å². The molecule has 3 N–H and O–H groups in total. The summed E-state index contributed by atoms with van der Waals surface area (Å²) in [7, 11) is 0.749. The van der Waals surface area contributed by atoms with Crippen molar-refractivity contribution in [1.29, 1.82) is 0 Å². The van der Waals surface area contributed by atoms with Crippen LogP contribution in [0.4, 0.5) is 29.3 Å². The molecule has 31 heavy (non-hydrogen) atoms. The van der Waals surface area contributed by atoms with Crippen molar-refractivity contribution >= 4 is 34.1 Å². The average molecular weight is 432 g/mol. The van der Waals surface area contributed by atoms with Crippen LogP contribution in [-0.2, 0) is 15.1 Å². The first-order valence-corrected chi connectivity index (χ1v) is 9.11. The van der Waals surface area contributed by atoms with Gasteiger partial charge in [0.1, 0.15) is 0 Å². The number of hydrogen-bond acceptors (Lipinski definition) is 4. The number of halogens is 3. The second-order valence-corrected chi connectivity index (χ2v) is 6.87. The summed E-state index contributed by atoms with van der Waals surface area (Å²) in [5.41, 5.74) is -3.60. The van der Waals surface area contributed by atoms with Crippen LogP contribution in [0.15, 0.2) is 60.7 Å². The number of amides is 2. The van der Waals surface area contributed by atoms with Gasteiger partial charge in [-0.25, -0.2) is 9.59 Å². The number of fused-ring (bicyclic) bond motifs is 1. The van der Waals surface area contributed by atoms with E-state index in [1.54, 1.807) is 12.1 Å². The Bertz CT molecular complexity index is 1150. The lowest BCUT2D eigenvalue weighted by atomic mass is 9.91. The maximum absolute atomic E-state index is 13.4. The number of rotatable bonds is 4. The summed E-state index contributed by atoms with van der Waals surface area (Å²) in [5, 5.41) is 17.2. The van der Waals surface area contributed by atoms with Crippen molar-refractivity contribution in [3.63, 3.8) is 0 Å². The first-order chi connectivity index (χ1) is 14.6. The number of anilines is 2. The highest BCUT2D eigenvalue weighted by atomic mass is 19.4. The lowest BCUT2D eigenvalue weighted by Gasteiger charge is -2.28. The molecule has 0 radical (unpaired) electrons. The van der Waals surface area contributed by atoms with Gasteiger partial charge in [0, 0.05) is 16.9 Å². The van der Waals surface area contributed by atoms with Crippen molar-refractivity contribution in [2.24, 2.45) is 0 Å². The van der Waals surface area contributed by atoms with Gasteiger partial charge in [-0.1, -0.05) is 42.5 Å². The van der Waals surface area contributed by atoms with Gasteiger partial charge in [0.2, 0.25) is 0 Å². The van der Waals surface area contributed by atoms with E-state index in [2.05, 4.69) is 15.4 Å². The van der Waals surface area contributed by atoms with Crippen molar-refractivity contribution in [2.75, 3.05) is 17.7 Å². The van der Waals surface area contributed by atoms with Crippen LogP contribution in [0.5, 0.6) is 0 Å². The van der Waals surface area contributed by atoms with Crippen molar-refractivity contribution in [3.8, 4) is 0 Å². The maximum atomic E-state index is 13.4. The molecule has 0 aliphatic rings. The van der Waals surface area contributed by atoms with E-state index in [4.69, 9.17) is 0 Å². The standard InChI is InChI=1S/C22H19F3N2O4/c1-13-11-16(21(30,19(28)31-2)22(23,24)25)8-10-18(13)27-20(29)26-17-9-7-14-5-3-4-6-15(14)12-17/h3-12,30H,1-2H3,(H2,26,27,29). The zero-order chi connectivity index (χ0) is 22.8. The summed E-state index contributed by atoms with van der Waals surface area (Å²) < 4.78 is 44.3. The van der Waals surface area contributed by atoms with E-state index in [0.717, 1.165) is 30.0 Å². The molecule has 1 atom stereocenters. The lowest BCUT2D eigenvalue weighted by molar-refractivity contribution is -0.266. The van der Waals surface area contributed by atoms with E-state index >= 15 is 0 Å². The molecule has 0 aliphatic heterocycles. The van der Waals surface area contributed by atoms with Gasteiger partial charge in [-0.2, -0.15) is 13.2 Å². The largest absolute Gasteiger partial charge is 0.466 e. The fraction of sp³-hybridized carbons (Fsp3) is 0.182. The van der Waals surface area contributed by atoms with Crippen molar-refractivity contribution in [1.82, 2.24) is 0 Å². The first kappa shape index (κ1) is 22.1. The SMILES string of the molecule is COC(=O)C(O)(c1ccc(NC(=O)Nc2ccc3ccccc3c2)c(C)c1)C(F)(F)F. The molecule has 0 spiro atoms. The Morgan fingerprint density at radius 2 is 1.61 bits per heavy atom. The second kappa shape index (κ2) is 8.27. The molecule has 0 heterocycles. The normalized spacial score (nSPS) is 13.4. The van der Waals surface area contributed by atoms with Gasteiger partial charge >= 0.3 is 18.2 Å². The molecular weight excluding hydrogens is 413 g/mol. The zero-order valence-corrected chi connectivity index (χ0v) is 16.6. The van der Waals surface area contributed by atoms with Crippen molar-refractivity contribution < 1.29 is 32.6 Å². The molecule has 3 aromatic carbocycles. The lowest BCUT2D eigenvalue weighted by Crippen LogP contribution is -2.49. The van der Waals surface area contributed by atoms with E-state index in [0.29, 0.717) is 5.69 Å². The van der Waals surface area contributed by atoms with Crippen LogP contribution in [0.1, 0.15) is 11.1 Å². The highest BCUT2D eigenvalue weighted by Crippen LogP contribution is 2.40. The fourth-order valence-electron chi connectivity index (χ4n) is 3.13. The van der Waals surface area contributed by atoms with Crippen LogP contribution >= 0.6 is 0 Å². The summed E-state index contributed by atoms with van der Waals surface area (Å²) in [5.74, 6) is -1.85. The fourth-order valence-corrected chi connectivity index (χ4v) is 3.13. The molecule has 162 valence electrons. The van der Waals surface area contributed by atoms with E-state index in [-0.39, 0.29) is 11.3 Å². The second-order valence-electron chi connectivity index (χ2n) is 6.87. The quantitative estimate of drug-likeness (QED) is 0.521. The van der Waals surface area contributed by atoms with E-state index in [9.17, 15) is 27.9 Å². The predicted octanol–water partition coefficient (Wildman–Crippen LogP) is 4.72. The minimum absolute atomic E-state index is 0.205. The zero-order valence-electron chi connectivity index (χ0n) is 16.6. The van der Waals surface area contributed by atoms with E-state index in [1.807, 2.05) is 30.3 Å². The van der Waals surface area contributed by atoms with Crippen LogP contribution in [0, 0.1) is 6.92 Å². The van der Waals surface area contributed by atoms with Gasteiger partial charge in [-0.15, -0.1) is 0 Å². The molecule has 0 saturated carbocycles. The maximum Gasteiger partial charge on any atom is 0.432 e. The third kappa shape index (κ3) is 4.31. The molecule has 3 rings (SSSR count). The van der Waals surface area contributed by atoms with Gasteiger partial charge in [-0.05, 0) is 41.5 Å². The number of esters is 1. The summed E-state index contributed by atoms with van der Waals surface area (Å²) in [6.45, 7) is 1.43. The highest BCUT2D eigenvalue weighted by Gasteiger charge is 2.62. The van der Waals surface area contributed by atoms with Crippen LogP contribution in [0.2, 0.25) is 0 Å². The predicted molar refractivity (Wildman–Crippen MR) is 110 cm³/mol. The molecule has 2 amide bonds. The number of aryl methyl sites for hydroxylation is 1. The number of alkyl halides is 3. The topological polar surface area (TPSA) is 87.7 Å².